The molecule has 0 aromatic rings. The average Bonchev–Trinajstić information content (AvgIpc) is 2.26. The van der Waals surface area contributed by atoms with Crippen LogP contribution in [0.1, 0.15) is 19.8 Å². The molecule has 0 aromatic heterocycles. The van der Waals surface area contributed by atoms with Crippen LogP contribution in [0, 0.1) is 5.92 Å². The molecule has 1 saturated heterocycles. The molecule has 0 aromatic carbocycles. The second kappa shape index (κ2) is 4.14. The van der Waals surface area contributed by atoms with Crippen molar-refractivity contribution in [3.63, 3.8) is 0 Å². The topological polar surface area (TPSA) is 9.23 Å². The number of ether oxygens (including phenoxy) is 1. The molecule has 3 heteroatoms. The molecule has 2 radical (unpaired) electrons. The van der Waals surface area contributed by atoms with Gasteiger partial charge in [-0.25, -0.2) is 0 Å². The molecule has 12 heavy (non-hydrogen) atoms. The highest BCUT2D eigenvalue weighted by Crippen LogP contribution is 2.38. The van der Waals surface area contributed by atoms with Gasteiger partial charge in [0.05, 0.1) is 5.60 Å². The molecule has 66 valence electrons. The van der Waals surface area contributed by atoms with Crippen LogP contribution in [-0.4, -0.2) is 23.9 Å². The van der Waals surface area contributed by atoms with E-state index in [2.05, 4.69) is 36.1 Å². The third-order valence-electron chi connectivity index (χ3n) is 2.57. The van der Waals surface area contributed by atoms with Crippen LogP contribution >= 0.6 is 22.6 Å². The monoisotopic (exact) mass is 276 g/mol. The highest BCUT2D eigenvalue weighted by molar-refractivity contribution is 14.1. The first-order chi connectivity index (χ1) is 5.62. The Kier molecular flexibility index (Phi) is 3.65. The van der Waals surface area contributed by atoms with E-state index in [0.717, 1.165) is 17.3 Å². The summed E-state index contributed by atoms with van der Waals surface area (Å²) in [6.45, 7) is 5.95. The molecule has 1 aliphatic heterocycles. The van der Waals surface area contributed by atoms with Crippen LogP contribution in [0.3, 0.4) is 0 Å². The summed E-state index contributed by atoms with van der Waals surface area (Å²) in [5.41, 5.74) is -0.0671. The fourth-order valence-electron chi connectivity index (χ4n) is 1.76. The van der Waals surface area contributed by atoms with Crippen molar-refractivity contribution in [1.82, 2.24) is 0 Å². The largest absolute Gasteiger partial charge is 0.381 e. The van der Waals surface area contributed by atoms with E-state index in [9.17, 15) is 0 Å². The minimum Gasteiger partial charge on any atom is -0.381 e. The minimum atomic E-state index is -0.0963. The van der Waals surface area contributed by atoms with E-state index < -0.39 is 0 Å². The first-order valence-corrected chi connectivity index (χ1v) is 5.77. The number of hydrogen-bond donors (Lipinski definition) is 0. The zero-order valence-corrected chi connectivity index (χ0v) is 9.58. The van der Waals surface area contributed by atoms with E-state index in [0.29, 0.717) is 5.92 Å². The summed E-state index contributed by atoms with van der Waals surface area (Å²) in [4.78, 5) is 0. The molecule has 1 fully saturated rings. The van der Waals surface area contributed by atoms with Crippen molar-refractivity contribution in [3.8, 4) is 0 Å². The van der Waals surface area contributed by atoms with Crippen LogP contribution in [0.25, 0.3) is 0 Å². The lowest BCUT2D eigenvalue weighted by atomic mass is 9.84. The van der Waals surface area contributed by atoms with Crippen molar-refractivity contribution in [1.29, 1.82) is 0 Å². The Labute approximate surface area is 89.5 Å². The first kappa shape index (κ1) is 10.6. The van der Waals surface area contributed by atoms with E-state index in [1.54, 1.807) is 0 Å². The van der Waals surface area contributed by atoms with Gasteiger partial charge in [-0.3, -0.25) is 0 Å². The van der Waals surface area contributed by atoms with Crippen molar-refractivity contribution in [2.24, 2.45) is 5.92 Å². The van der Waals surface area contributed by atoms with Gasteiger partial charge in [-0.05, 0) is 19.8 Å². The van der Waals surface area contributed by atoms with Gasteiger partial charge in [-0.2, -0.15) is 0 Å². The number of hydrogen-bond acceptors (Lipinski definition) is 1. The molecule has 1 nitrogen and oxygen atoms in total. The molecule has 0 spiro atoms. The Balaban J connectivity index is 2.66. The van der Waals surface area contributed by atoms with Crippen LogP contribution in [0.5, 0.6) is 0 Å². The third-order valence-corrected chi connectivity index (χ3v) is 3.11. The van der Waals surface area contributed by atoms with Gasteiger partial charge in [0.25, 0.3) is 0 Å². The fraction of sp³-hybridized carbons (Fsp3) is 0.778. The number of rotatable bonds is 3. The van der Waals surface area contributed by atoms with E-state index in [4.69, 9.17) is 12.6 Å². The van der Waals surface area contributed by atoms with Crippen molar-refractivity contribution in [3.05, 3.63) is 12.7 Å². The summed E-state index contributed by atoms with van der Waals surface area (Å²) in [7, 11) is 5.73. The summed E-state index contributed by atoms with van der Waals surface area (Å²) >= 11 is 2.37. The summed E-state index contributed by atoms with van der Waals surface area (Å²) in [5.74, 6) is 0.419. The molecule has 0 amide bonds. The van der Waals surface area contributed by atoms with E-state index in [1.165, 1.54) is 0 Å². The molecule has 3 atom stereocenters. The molecule has 0 bridgehead atoms. The van der Waals surface area contributed by atoms with Crippen LogP contribution in [0.15, 0.2) is 12.7 Å². The van der Waals surface area contributed by atoms with Gasteiger partial charge in [0.2, 0.25) is 0 Å². The van der Waals surface area contributed by atoms with Gasteiger partial charge in [0.1, 0.15) is 7.85 Å². The highest BCUT2D eigenvalue weighted by atomic mass is 127. The lowest BCUT2D eigenvalue weighted by Gasteiger charge is -2.28. The summed E-state index contributed by atoms with van der Waals surface area (Å²) in [6, 6.07) is -0.0963. The van der Waals surface area contributed by atoms with Gasteiger partial charge in [0.15, 0.2) is 0 Å². The van der Waals surface area contributed by atoms with Crippen LogP contribution in [0.4, 0.5) is 0 Å². The summed E-state index contributed by atoms with van der Waals surface area (Å²) in [5, 5.41) is 0. The van der Waals surface area contributed by atoms with Crippen LogP contribution in [-0.2, 0) is 4.74 Å². The summed E-state index contributed by atoms with van der Waals surface area (Å²) < 4.78 is 6.80. The van der Waals surface area contributed by atoms with Gasteiger partial charge < -0.3 is 4.74 Å². The number of halogens is 1. The van der Waals surface area contributed by atoms with Crippen molar-refractivity contribution in [2.45, 2.75) is 31.4 Å². The normalized spacial score (nSPS) is 41.5. The van der Waals surface area contributed by atoms with Crippen LogP contribution < -0.4 is 0 Å². The Hall–Kier alpha value is 0.495. The highest BCUT2D eigenvalue weighted by Gasteiger charge is 2.40. The Bertz CT molecular complexity index is 174. The second-order valence-electron chi connectivity index (χ2n) is 3.49. The summed E-state index contributed by atoms with van der Waals surface area (Å²) in [6.07, 6.45) is 3.94. The van der Waals surface area contributed by atoms with E-state index in [1.807, 2.05) is 6.08 Å². The molecule has 0 unspecified atom stereocenters. The second-order valence-corrected chi connectivity index (χ2v) is 4.56. The molecule has 1 rings (SSSR count). The quantitative estimate of drug-likeness (QED) is 0.332. The van der Waals surface area contributed by atoms with Gasteiger partial charge in [-0.15, -0.1) is 6.58 Å². The van der Waals surface area contributed by atoms with Gasteiger partial charge >= 0.3 is 0 Å². The molecule has 0 N–H and O–H groups in total. The maximum Gasteiger partial charge on any atom is 0.109 e. The zero-order valence-electron chi connectivity index (χ0n) is 7.42. The fourth-order valence-corrected chi connectivity index (χ4v) is 2.83. The predicted molar refractivity (Wildman–Crippen MR) is 60.8 cm³/mol. The molecular weight excluding hydrogens is 262 g/mol. The van der Waals surface area contributed by atoms with Crippen molar-refractivity contribution >= 4 is 30.4 Å². The Morgan fingerprint density at radius 1 is 1.83 bits per heavy atom. The van der Waals surface area contributed by atoms with Crippen molar-refractivity contribution < 1.29 is 4.74 Å². The minimum absolute atomic E-state index is 0.0671. The first-order valence-electron chi connectivity index (χ1n) is 4.24. The smallest absolute Gasteiger partial charge is 0.109 e. The van der Waals surface area contributed by atoms with Gasteiger partial charge in [0, 0.05) is 16.3 Å². The maximum atomic E-state index is 5.73. The van der Waals surface area contributed by atoms with Gasteiger partial charge in [-0.1, -0.05) is 28.7 Å². The maximum absolute atomic E-state index is 5.73. The van der Waals surface area contributed by atoms with Crippen molar-refractivity contribution in [2.75, 3.05) is 4.43 Å². The number of alkyl halides is 1. The van der Waals surface area contributed by atoms with Crippen LogP contribution in [0.2, 0.25) is 0 Å². The average molecular weight is 276 g/mol. The SMILES string of the molecule is [B][C@H]1C[C@H](C=C)[C@@](C)(CCI)O1. The molecule has 0 aliphatic carbocycles. The Morgan fingerprint density at radius 2 is 2.50 bits per heavy atom. The molecular formula is C9H14BIO. The lowest BCUT2D eigenvalue weighted by Crippen LogP contribution is -2.31. The lowest BCUT2D eigenvalue weighted by molar-refractivity contribution is -0.0118. The van der Waals surface area contributed by atoms with E-state index >= 15 is 0 Å². The molecule has 0 saturated carbocycles. The standard InChI is InChI=1S/C9H14BIO/c1-3-7-6-8(10)12-9(7,2)4-5-11/h3,7-8H,1,4-6H2,2H3/t7-,8+,9+/m0/s1. The van der Waals surface area contributed by atoms with E-state index in [-0.39, 0.29) is 11.6 Å². The molecule has 1 heterocycles. The predicted octanol–water partition coefficient (Wildman–Crippen LogP) is 2.29. The zero-order chi connectivity index (χ0) is 9.19. The Morgan fingerprint density at radius 3 is 3.00 bits per heavy atom. The third kappa shape index (κ3) is 2.05. The molecule has 1 aliphatic rings.